The Morgan fingerprint density at radius 3 is 2.59 bits per heavy atom. The number of ether oxygens (including phenoxy) is 2. The van der Waals surface area contributed by atoms with Crippen LogP contribution in [-0.2, 0) is 25.2 Å². The lowest BCUT2D eigenvalue weighted by molar-refractivity contribution is -0.140. The molecule has 0 fully saturated rings. The van der Waals surface area contributed by atoms with Crippen molar-refractivity contribution < 1.29 is 32.2 Å². The highest BCUT2D eigenvalue weighted by molar-refractivity contribution is 9.24. The molecule has 0 spiro atoms. The first-order valence-electron chi connectivity index (χ1n) is 7.60. The number of carbonyl (C=O) groups is 2. The number of methoxy groups -OCH3 is 1. The third-order valence-electron chi connectivity index (χ3n) is 4.25. The zero-order chi connectivity index (χ0) is 19.9. The lowest BCUT2D eigenvalue weighted by atomic mass is 9.79. The Kier molecular flexibility index (Phi) is 5.40. The number of nitrogens with one attached hydrogen (secondary N) is 1. The van der Waals surface area contributed by atoms with Crippen molar-refractivity contribution in [2.75, 3.05) is 13.7 Å². The van der Waals surface area contributed by atoms with Crippen molar-refractivity contribution >= 4 is 43.8 Å². The molecule has 1 N–H and O–H groups in total. The van der Waals surface area contributed by atoms with Gasteiger partial charge in [-0.15, -0.1) is 0 Å². The molecule has 10 heteroatoms. The standard InChI is InChI=1S/C17H12Br2F3NO4/c1-26-15(24)12-10(7-4-2-3-5-8(7)17(20,21)22)11-9(6-27-16(11)25)23-13(12)14(18)19/h2-5,10,14,23H,6H2,1H3. The predicted molar refractivity (Wildman–Crippen MR) is 96.0 cm³/mol. The Bertz CT molecular complexity index is 877. The average Bonchev–Trinajstić information content (AvgIpc) is 2.99. The fraction of sp³-hybridized carbons (Fsp3) is 0.294. The molecule has 0 saturated carbocycles. The van der Waals surface area contributed by atoms with Gasteiger partial charge < -0.3 is 14.8 Å². The second-order valence-corrected chi connectivity index (χ2v) is 8.79. The van der Waals surface area contributed by atoms with E-state index < -0.39 is 33.3 Å². The summed E-state index contributed by atoms with van der Waals surface area (Å²) in [6.07, 6.45) is -4.67. The number of halogens is 5. The fourth-order valence-corrected chi connectivity index (χ4v) is 3.89. The van der Waals surface area contributed by atoms with Crippen LogP contribution in [0.4, 0.5) is 13.2 Å². The van der Waals surface area contributed by atoms with Crippen molar-refractivity contribution in [2.45, 2.75) is 15.8 Å². The van der Waals surface area contributed by atoms with Gasteiger partial charge in [-0.25, -0.2) is 9.59 Å². The number of carbonyl (C=O) groups excluding carboxylic acids is 2. The van der Waals surface area contributed by atoms with Crippen LogP contribution in [-0.4, -0.2) is 29.4 Å². The van der Waals surface area contributed by atoms with Gasteiger partial charge in [0.15, 0.2) is 0 Å². The lowest BCUT2D eigenvalue weighted by Gasteiger charge is -2.30. The summed E-state index contributed by atoms with van der Waals surface area (Å²) >= 11 is 6.52. The maximum absolute atomic E-state index is 13.6. The van der Waals surface area contributed by atoms with Crippen LogP contribution in [0.2, 0.25) is 0 Å². The van der Waals surface area contributed by atoms with E-state index in [4.69, 9.17) is 9.47 Å². The largest absolute Gasteiger partial charge is 0.466 e. The first kappa shape index (κ1) is 19.9. The normalized spacial score (nSPS) is 19.8. The number of esters is 2. The van der Waals surface area contributed by atoms with E-state index in [0.717, 1.165) is 13.2 Å². The zero-order valence-electron chi connectivity index (χ0n) is 13.7. The number of dihydropyridines is 1. The van der Waals surface area contributed by atoms with E-state index in [2.05, 4.69) is 37.2 Å². The quantitative estimate of drug-likeness (QED) is 0.495. The van der Waals surface area contributed by atoms with Crippen LogP contribution in [0.15, 0.2) is 46.8 Å². The van der Waals surface area contributed by atoms with Gasteiger partial charge in [-0.1, -0.05) is 50.1 Å². The lowest BCUT2D eigenvalue weighted by Crippen LogP contribution is -2.33. The van der Waals surface area contributed by atoms with Crippen molar-refractivity contribution in [2.24, 2.45) is 0 Å². The molecule has 1 aromatic carbocycles. The molecule has 2 aliphatic heterocycles. The van der Waals surface area contributed by atoms with E-state index in [1.54, 1.807) is 0 Å². The molecule has 0 aromatic heterocycles. The van der Waals surface area contributed by atoms with Gasteiger partial charge in [0, 0.05) is 0 Å². The Morgan fingerprint density at radius 2 is 2.00 bits per heavy atom. The van der Waals surface area contributed by atoms with Crippen molar-refractivity contribution in [3.05, 3.63) is 57.9 Å². The van der Waals surface area contributed by atoms with Gasteiger partial charge >= 0.3 is 18.1 Å². The summed E-state index contributed by atoms with van der Waals surface area (Å²) in [7, 11) is 1.12. The van der Waals surface area contributed by atoms with Crippen molar-refractivity contribution in [1.29, 1.82) is 0 Å². The summed E-state index contributed by atoms with van der Waals surface area (Å²) in [4.78, 5) is 24.8. The molecule has 0 amide bonds. The van der Waals surface area contributed by atoms with E-state index in [-0.39, 0.29) is 29.0 Å². The van der Waals surface area contributed by atoms with E-state index in [9.17, 15) is 22.8 Å². The molecular formula is C17H12Br2F3NO4. The SMILES string of the molecule is COC(=O)C1=C(C(Br)Br)NC2=C(C(=O)OC2)C1c1ccccc1C(F)(F)F. The van der Waals surface area contributed by atoms with Gasteiger partial charge in [-0.3, -0.25) is 0 Å². The number of hydrogen-bond donors (Lipinski definition) is 1. The third-order valence-corrected chi connectivity index (χ3v) is 5.16. The Hall–Kier alpha value is -1.81. The van der Waals surface area contributed by atoms with Gasteiger partial charge in [0.05, 0.1) is 41.1 Å². The Balaban J connectivity index is 2.32. The first-order chi connectivity index (χ1) is 12.7. The van der Waals surface area contributed by atoms with Crippen LogP contribution >= 0.6 is 31.9 Å². The summed E-state index contributed by atoms with van der Waals surface area (Å²) in [5, 5.41) is 2.91. The smallest absolute Gasteiger partial charge is 0.416 e. The minimum absolute atomic E-state index is 0.0310. The molecule has 0 aliphatic carbocycles. The van der Waals surface area contributed by atoms with Crippen molar-refractivity contribution in [1.82, 2.24) is 5.32 Å². The topological polar surface area (TPSA) is 64.6 Å². The van der Waals surface area contributed by atoms with Crippen molar-refractivity contribution in [3.8, 4) is 0 Å². The number of hydrogen-bond acceptors (Lipinski definition) is 5. The van der Waals surface area contributed by atoms with Crippen LogP contribution in [0.5, 0.6) is 0 Å². The second kappa shape index (κ2) is 7.31. The molecule has 5 nitrogen and oxygen atoms in total. The minimum atomic E-state index is -4.67. The predicted octanol–water partition coefficient (Wildman–Crippen LogP) is 3.75. The monoisotopic (exact) mass is 509 g/mol. The molecule has 0 saturated heterocycles. The van der Waals surface area contributed by atoms with Crippen LogP contribution in [0, 0.1) is 0 Å². The van der Waals surface area contributed by atoms with Gasteiger partial charge in [0.2, 0.25) is 0 Å². The zero-order valence-corrected chi connectivity index (χ0v) is 16.9. The summed E-state index contributed by atoms with van der Waals surface area (Å²) in [5.41, 5.74) is -0.738. The average molecular weight is 511 g/mol. The van der Waals surface area contributed by atoms with Gasteiger partial charge in [0.25, 0.3) is 0 Å². The molecule has 0 bridgehead atoms. The highest BCUT2D eigenvalue weighted by Gasteiger charge is 2.46. The minimum Gasteiger partial charge on any atom is -0.466 e. The molecule has 0 radical (unpaired) electrons. The second-order valence-electron chi connectivity index (χ2n) is 5.73. The van der Waals surface area contributed by atoms with Crippen molar-refractivity contribution in [3.63, 3.8) is 0 Å². The van der Waals surface area contributed by atoms with Crippen LogP contribution in [0.1, 0.15) is 17.0 Å². The third kappa shape index (κ3) is 3.52. The van der Waals surface area contributed by atoms with E-state index >= 15 is 0 Å². The molecule has 3 rings (SSSR count). The summed E-state index contributed by atoms with van der Waals surface area (Å²) in [5.74, 6) is -2.91. The number of alkyl halides is 5. The molecule has 27 heavy (non-hydrogen) atoms. The van der Waals surface area contributed by atoms with Crippen LogP contribution in [0.25, 0.3) is 0 Å². The summed E-state index contributed by atoms with van der Waals surface area (Å²) in [6.45, 7) is -0.122. The first-order valence-corrected chi connectivity index (χ1v) is 9.43. The van der Waals surface area contributed by atoms with E-state index in [1.165, 1.54) is 18.2 Å². The molecular weight excluding hydrogens is 499 g/mol. The number of allylic oxidation sites excluding steroid dienone is 1. The van der Waals surface area contributed by atoms with Gasteiger partial charge in [0.1, 0.15) is 10.3 Å². The van der Waals surface area contributed by atoms with Gasteiger partial charge in [-0.2, -0.15) is 13.2 Å². The molecule has 1 unspecified atom stereocenters. The van der Waals surface area contributed by atoms with E-state index in [1.807, 2.05) is 0 Å². The fourth-order valence-electron chi connectivity index (χ4n) is 3.17. The van der Waals surface area contributed by atoms with Crippen LogP contribution in [0.3, 0.4) is 0 Å². The maximum atomic E-state index is 13.6. The molecule has 144 valence electrons. The molecule has 1 aromatic rings. The number of benzene rings is 1. The Morgan fingerprint density at radius 1 is 1.33 bits per heavy atom. The van der Waals surface area contributed by atoms with Crippen LogP contribution < -0.4 is 5.32 Å². The molecule has 1 atom stereocenters. The van der Waals surface area contributed by atoms with Gasteiger partial charge in [-0.05, 0) is 11.6 Å². The summed E-state index contributed by atoms with van der Waals surface area (Å²) < 4.78 is 50.0. The summed E-state index contributed by atoms with van der Waals surface area (Å²) in [6, 6.07) is 4.82. The maximum Gasteiger partial charge on any atom is 0.416 e. The highest BCUT2D eigenvalue weighted by Crippen LogP contribution is 2.47. The van der Waals surface area contributed by atoms with E-state index in [0.29, 0.717) is 5.70 Å². The number of cyclic esters (lactones) is 1. The highest BCUT2D eigenvalue weighted by atomic mass is 79.9. The number of rotatable bonds is 3. The Labute approximate surface area is 168 Å². The molecule has 2 aliphatic rings. The molecule has 2 heterocycles.